The molecule has 7 nitrogen and oxygen atoms in total. The van der Waals surface area contributed by atoms with Crippen molar-refractivity contribution in [1.82, 2.24) is 5.32 Å². The number of nitrogens with two attached hydrogens (primary N) is 2. The van der Waals surface area contributed by atoms with Gasteiger partial charge in [-0.05, 0) is 12.8 Å². The Labute approximate surface area is 81.8 Å². The number of aliphatic imine (C=N–C) groups is 1. The first-order valence-corrected chi connectivity index (χ1v) is 4.20. The van der Waals surface area contributed by atoms with E-state index in [9.17, 15) is 4.79 Å². The summed E-state index contributed by atoms with van der Waals surface area (Å²) in [6.45, 7) is 0.0263. The molecule has 1 atom stereocenters. The minimum atomic E-state index is -0.997. The molecule has 0 saturated heterocycles. The third kappa shape index (κ3) is 6.21. The maximum Gasteiger partial charge on any atom is 0.320 e. The van der Waals surface area contributed by atoms with Gasteiger partial charge in [-0.2, -0.15) is 0 Å². The van der Waals surface area contributed by atoms with E-state index >= 15 is 0 Å². The fraction of sp³-hybridized carbons (Fsp3) is 0.714. The van der Waals surface area contributed by atoms with Crippen molar-refractivity contribution in [2.45, 2.75) is 18.9 Å². The number of nitrogens with one attached hydrogen (secondary N) is 1. The normalized spacial score (nSPS) is 12.1. The molecular weight excluding hydrogens is 188 g/mol. The van der Waals surface area contributed by atoms with E-state index in [1.165, 1.54) is 0 Å². The number of hydrogen-bond donors (Lipinski definition) is 5. The van der Waals surface area contributed by atoms with Crippen LogP contribution in [0, 0.1) is 0 Å². The molecule has 0 aromatic rings. The molecule has 0 aliphatic heterocycles. The summed E-state index contributed by atoms with van der Waals surface area (Å²) in [4.78, 5) is 14.3. The molecule has 0 fully saturated rings. The van der Waals surface area contributed by atoms with E-state index < -0.39 is 12.0 Å². The van der Waals surface area contributed by atoms with Crippen molar-refractivity contribution in [1.29, 1.82) is 0 Å². The number of nitrogens with zero attached hydrogens (tertiary/aromatic N) is 1. The second-order valence-corrected chi connectivity index (χ2v) is 2.70. The number of aliphatic hydroxyl groups excluding tert-OH is 1. The summed E-state index contributed by atoms with van der Waals surface area (Å²) in [6, 6.07) is -0.755. The van der Waals surface area contributed by atoms with Crippen LogP contribution in [0.4, 0.5) is 0 Å². The minimum Gasteiger partial charge on any atom is -0.480 e. The van der Waals surface area contributed by atoms with E-state index in [2.05, 4.69) is 10.3 Å². The lowest BCUT2D eigenvalue weighted by molar-refractivity contribution is -0.140. The van der Waals surface area contributed by atoms with Crippen molar-refractivity contribution in [2.24, 2.45) is 16.5 Å². The largest absolute Gasteiger partial charge is 0.480 e. The molecular formula is C7H16N4O3. The van der Waals surface area contributed by atoms with Crippen LogP contribution in [0.25, 0.3) is 0 Å². The Hall–Kier alpha value is -1.34. The molecule has 0 amide bonds. The number of aliphatic carboxylic acids is 1. The van der Waals surface area contributed by atoms with Crippen LogP contribution in [-0.2, 0) is 4.79 Å². The zero-order valence-corrected chi connectivity index (χ0v) is 7.81. The Bertz CT molecular complexity index is 203. The second-order valence-electron chi connectivity index (χ2n) is 2.70. The highest BCUT2D eigenvalue weighted by molar-refractivity contribution is 5.75. The van der Waals surface area contributed by atoms with E-state index in [0.29, 0.717) is 19.4 Å². The van der Waals surface area contributed by atoms with Crippen molar-refractivity contribution in [3.8, 4) is 0 Å². The molecule has 82 valence electrons. The van der Waals surface area contributed by atoms with Gasteiger partial charge in [0, 0.05) is 6.54 Å². The van der Waals surface area contributed by atoms with Crippen LogP contribution in [0.3, 0.4) is 0 Å². The Morgan fingerprint density at radius 1 is 1.50 bits per heavy atom. The van der Waals surface area contributed by atoms with Crippen LogP contribution in [0.5, 0.6) is 0 Å². The molecule has 0 aliphatic rings. The summed E-state index contributed by atoms with van der Waals surface area (Å²) >= 11 is 0. The highest BCUT2D eigenvalue weighted by atomic mass is 16.4. The summed E-state index contributed by atoms with van der Waals surface area (Å²) in [7, 11) is 0. The number of carbonyl (C=O) groups is 1. The van der Waals surface area contributed by atoms with Crippen molar-refractivity contribution in [3.63, 3.8) is 0 Å². The van der Waals surface area contributed by atoms with Gasteiger partial charge in [0.25, 0.3) is 0 Å². The smallest absolute Gasteiger partial charge is 0.320 e. The third-order valence-corrected chi connectivity index (χ3v) is 1.58. The number of hydrogen-bond acceptors (Lipinski definition) is 4. The van der Waals surface area contributed by atoms with Crippen LogP contribution in [0.1, 0.15) is 12.8 Å². The zero-order valence-electron chi connectivity index (χ0n) is 7.81. The van der Waals surface area contributed by atoms with Crippen molar-refractivity contribution < 1.29 is 15.0 Å². The summed E-state index contributed by atoms with van der Waals surface area (Å²) in [6.07, 6.45) is 0.911. The van der Waals surface area contributed by atoms with Gasteiger partial charge in [-0.1, -0.05) is 0 Å². The van der Waals surface area contributed by atoms with E-state index in [1.54, 1.807) is 0 Å². The average molecular weight is 204 g/mol. The predicted molar refractivity (Wildman–Crippen MR) is 51.6 cm³/mol. The lowest BCUT2D eigenvalue weighted by atomic mass is 10.1. The Morgan fingerprint density at radius 3 is 2.57 bits per heavy atom. The first kappa shape index (κ1) is 12.7. The van der Waals surface area contributed by atoms with Crippen LogP contribution >= 0.6 is 0 Å². The van der Waals surface area contributed by atoms with Crippen molar-refractivity contribution in [3.05, 3.63) is 0 Å². The molecule has 0 rings (SSSR count). The molecule has 0 radical (unpaired) electrons. The lowest BCUT2D eigenvalue weighted by Gasteiger charge is -2.11. The maximum absolute atomic E-state index is 10.6. The zero-order chi connectivity index (χ0) is 11.0. The molecule has 0 saturated carbocycles. The van der Waals surface area contributed by atoms with Gasteiger partial charge in [-0.25, -0.2) is 0 Å². The van der Waals surface area contributed by atoms with Gasteiger partial charge >= 0.3 is 5.97 Å². The lowest BCUT2D eigenvalue weighted by Crippen LogP contribution is -2.37. The average Bonchev–Trinajstić information content (AvgIpc) is 2.09. The summed E-state index contributed by atoms with van der Waals surface area (Å²) in [5, 5.41) is 19.6. The molecule has 0 aromatic carbocycles. The predicted octanol–water partition coefficient (Wildman–Crippen LogP) is -1.97. The van der Waals surface area contributed by atoms with Gasteiger partial charge in [0.05, 0.1) is 6.73 Å². The van der Waals surface area contributed by atoms with E-state index in [-0.39, 0.29) is 12.7 Å². The van der Waals surface area contributed by atoms with E-state index in [1.807, 2.05) is 0 Å². The maximum atomic E-state index is 10.6. The van der Waals surface area contributed by atoms with Gasteiger partial charge in [0.15, 0.2) is 5.96 Å². The first-order valence-electron chi connectivity index (χ1n) is 4.20. The molecule has 7 N–H and O–H groups in total. The van der Waals surface area contributed by atoms with Crippen LogP contribution in [0.2, 0.25) is 0 Å². The van der Waals surface area contributed by atoms with Gasteiger partial charge < -0.3 is 21.7 Å². The topological polar surface area (TPSA) is 134 Å². The van der Waals surface area contributed by atoms with E-state index in [0.717, 1.165) is 0 Å². The fourth-order valence-electron chi connectivity index (χ4n) is 0.927. The molecule has 0 aromatic heterocycles. The second kappa shape index (κ2) is 7.10. The molecule has 0 bridgehead atoms. The highest BCUT2D eigenvalue weighted by Crippen LogP contribution is 1.97. The summed E-state index contributed by atoms with van der Waals surface area (Å²) in [5.74, 6) is -1.00. The monoisotopic (exact) mass is 204 g/mol. The molecule has 14 heavy (non-hydrogen) atoms. The molecule has 0 aliphatic carbocycles. The van der Waals surface area contributed by atoms with Crippen LogP contribution in [0.15, 0.2) is 4.99 Å². The fourth-order valence-corrected chi connectivity index (χ4v) is 0.927. The Kier molecular flexibility index (Phi) is 6.42. The number of aliphatic hydroxyl groups is 1. The molecule has 0 unspecified atom stereocenters. The van der Waals surface area contributed by atoms with Gasteiger partial charge in [0.1, 0.15) is 6.04 Å². The number of guanidine groups is 1. The first-order chi connectivity index (χ1) is 6.57. The SMILES string of the molecule is NC(N)=NCCC[C@H](NCO)C(=O)O. The molecule has 7 heteroatoms. The number of carboxylic acids is 1. The standard InChI is InChI=1S/C7H16N4O3/c8-7(9)10-3-1-2-5(6(13)14)11-4-12/h5,11-12H,1-4H2,(H,13,14)(H4,8,9,10)/t5-/m0/s1. The van der Waals surface area contributed by atoms with Crippen molar-refractivity contribution in [2.75, 3.05) is 13.3 Å². The van der Waals surface area contributed by atoms with Crippen LogP contribution in [-0.4, -0.2) is 41.5 Å². The van der Waals surface area contributed by atoms with Crippen LogP contribution < -0.4 is 16.8 Å². The van der Waals surface area contributed by atoms with Gasteiger partial charge in [0.2, 0.25) is 0 Å². The Balaban J connectivity index is 3.72. The van der Waals surface area contributed by atoms with E-state index in [4.69, 9.17) is 21.7 Å². The number of rotatable bonds is 7. The molecule has 0 spiro atoms. The minimum absolute atomic E-state index is 0.00741. The summed E-state index contributed by atoms with van der Waals surface area (Å²) < 4.78 is 0. The van der Waals surface area contributed by atoms with Gasteiger partial charge in [-0.15, -0.1) is 0 Å². The van der Waals surface area contributed by atoms with Crippen molar-refractivity contribution >= 4 is 11.9 Å². The number of carboxylic acid groups (broad SMARTS) is 1. The quantitative estimate of drug-likeness (QED) is 0.141. The molecule has 0 heterocycles. The third-order valence-electron chi connectivity index (χ3n) is 1.58. The van der Waals surface area contributed by atoms with Gasteiger partial charge in [-0.3, -0.25) is 15.1 Å². The Morgan fingerprint density at radius 2 is 2.14 bits per heavy atom. The highest BCUT2D eigenvalue weighted by Gasteiger charge is 2.14. The summed E-state index contributed by atoms with van der Waals surface area (Å²) in [5.41, 5.74) is 10.2.